The molecule has 0 bridgehead atoms. The predicted octanol–water partition coefficient (Wildman–Crippen LogP) is 3.29. The molecule has 1 aromatic heterocycles. The van der Waals surface area contributed by atoms with E-state index in [9.17, 15) is 4.79 Å². The van der Waals surface area contributed by atoms with Crippen molar-refractivity contribution in [2.24, 2.45) is 0 Å². The number of hydrogen-bond acceptors (Lipinski definition) is 7. The molecule has 8 heteroatoms. The van der Waals surface area contributed by atoms with Crippen LogP contribution in [0.3, 0.4) is 0 Å². The van der Waals surface area contributed by atoms with Crippen LogP contribution in [0, 0.1) is 11.8 Å². The highest BCUT2D eigenvalue weighted by Gasteiger charge is 2.31. The van der Waals surface area contributed by atoms with E-state index in [-0.39, 0.29) is 5.91 Å². The molecular weight excluding hydrogens is 488 g/mol. The number of likely N-dealkylation sites (tertiary alicyclic amines) is 1. The highest BCUT2D eigenvalue weighted by molar-refractivity contribution is 5.93. The van der Waals surface area contributed by atoms with Crippen molar-refractivity contribution in [2.45, 2.75) is 45.4 Å². The third kappa shape index (κ3) is 5.42. The number of ether oxygens (including phenoxy) is 1. The maximum Gasteiger partial charge on any atom is 0.318 e. The molecular formula is C31H36N6O2. The minimum absolute atomic E-state index is 0.101. The Bertz CT molecular complexity index is 1420. The second kappa shape index (κ2) is 11.2. The van der Waals surface area contributed by atoms with Crippen LogP contribution in [0.5, 0.6) is 6.01 Å². The number of rotatable bonds is 6. The first-order chi connectivity index (χ1) is 19.1. The van der Waals surface area contributed by atoms with Crippen LogP contribution in [0.1, 0.15) is 36.6 Å². The quantitative estimate of drug-likeness (QED) is 0.459. The van der Waals surface area contributed by atoms with Gasteiger partial charge >= 0.3 is 6.01 Å². The van der Waals surface area contributed by atoms with Gasteiger partial charge in [-0.3, -0.25) is 9.69 Å². The zero-order chi connectivity index (χ0) is 26.8. The maximum absolute atomic E-state index is 12.3. The molecule has 3 aromatic rings. The van der Waals surface area contributed by atoms with Crippen LogP contribution in [0.15, 0.2) is 42.5 Å². The summed E-state index contributed by atoms with van der Waals surface area (Å²) in [6.45, 7) is 8.52. The first kappa shape index (κ1) is 25.6. The summed E-state index contributed by atoms with van der Waals surface area (Å²) >= 11 is 0. The van der Waals surface area contributed by atoms with Gasteiger partial charge < -0.3 is 19.4 Å². The Balaban J connectivity index is 1.24. The van der Waals surface area contributed by atoms with E-state index in [0.717, 1.165) is 44.1 Å². The zero-order valence-corrected chi connectivity index (χ0v) is 22.9. The summed E-state index contributed by atoms with van der Waals surface area (Å²) < 4.78 is 6.23. The van der Waals surface area contributed by atoms with Crippen molar-refractivity contribution in [1.29, 1.82) is 0 Å². The average molecular weight is 525 g/mol. The summed E-state index contributed by atoms with van der Waals surface area (Å²) in [6.07, 6.45) is 2.35. The Labute approximate surface area is 230 Å². The minimum Gasteiger partial charge on any atom is -0.462 e. The molecule has 2 saturated heterocycles. The number of hydrogen-bond donors (Lipinski definition) is 0. The van der Waals surface area contributed by atoms with Crippen LogP contribution in [0.2, 0.25) is 0 Å². The van der Waals surface area contributed by atoms with Crippen molar-refractivity contribution in [3.8, 4) is 17.9 Å². The SMILES string of the molecule is CC#CC(=O)N1CCN(c2nc(OCC3CCCN3C)nc3c2CN(Cc2cccc4ccccc24)C3)CC1. The van der Waals surface area contributed by atoms with Crippen LogP contribution in [-0.2, 0) is 24.4 Å². The normalized spacial score (nSPS) is 19.7. The van der Waals surface area contributed by atoms with Gasteiger partial charge in [0.1, 0.15) is 12.4 Å². The standard InChI is InChI=1S/C31H36N6O2/c1-3-8-29(38)36-15-17-37(18-16-36)30-27-20-35(19-24-11-6-10-23-9-4-5-13-26(23)24)21-28(27)32-31(33-30)39-22-25-12-7-14-34(25)2/h4-6,9-11,13,25H,7,12,14-22H2,1-2H3. The minimum atomic E-state index is -0.101. The van der Waals surface area contributed by atoms with E-state index in [4.69, 9.17) is 14.7 Å². The summed E-state index contributed by atoms with van der Waals surface area (Å²) in [5.41, 5.74) is 3.54. The molecule has 0 N–H and O–H groups in total. The highest BCUT2D eigenvalue weighted by atomic mass is 16.5. The number of fused-ring (bicyclic) bond motifs is 2. The largest absolute Gasteiger partial charge is 0.462 e. The van der Waals surface area contributed by atoms with Crippen LogP contribution < -0.4 is 9.64 Å². The molecule has 3 aliphatic rings. The number of amides is 1. The van der Waals surface area contributed by atoms with E-state index in [1.165, 1.54) is 28.3 Å². The third-order valence-electron chi connectivity index (χ3n) is 8.25. The molecule has 3 aliphatic heterocycles. The Morgan fingerprint density at radius 1 is 1.03 bits per heavy atom. The summed E-state index contributed by atoms with van der Waals surface area (Å²) in [5.74, 6) is 6.24. The molecule has 1 amide bonds. The van der Waals surface area contributed by atoms with Crippen LogP contribution in [-0.4, -0.2) is 83.0 Å². The van der Waals surface area contributed by atoms with Crippen molar-refractivity contribution >= 4 is 22.5 Å². The number of carbonyl (C=O) groups excluding carboxylic acids is 1. The summed E-state index contributed by atoms with van der Waals surface area (Å²) in [7, 11) is 2.16. The first-order valence-electron chi connectivity index (χ1n) is 14.0. The fourth-order valence-corrected chi connectivity index (χ4v) is 6.06. The Morgan fingerprint density at radius 2 is 1.85 bits per heavy atom. The van der Waals surface area contributed by atoms with Crippen LogP contribution in [0.4, 0.5) is 5.82 Å². The molecule has 0 radical (unpaired) electrons. The van der Waals surface area contributed by atoms with Gasteiger partial charge in [0, 0.05) is 57.4 Å². The summed E-state index contributed by atoms with van der Waals surface area (Å²) in [6, 6.07) is 16.0. The average Bonchev–Trinajstić information content (AvgIpc) is 3.57. The zero-order valence-electron chi connectivity index (χ0n) is 22.9. The van der Waals surface area contributed by atoms with Crippen molar-refractivity contribution in [1.82, 2.24) is 24.7 Å². The number of nitrogens with zero attached hydrogens (tertiary/aromatic N) is 6. The summed E-state index contributed by atoms with van der Waals surface area (Å²) in [5, 5.41) is 2.56. The van der Waals surface area contributed by atoms with Crippen LogP contribution >= 0.6 is 0 Å². The lowest BCUT2D eigenvalue weighted by atomic mass is 10.0. The molecule has 4 heterocycles. The van der Waals surface area contributed by atoms with Gasteiger partial charge in [-0.1, -0.05) is 48.4 Å². The van der Waals surface area contributed by atoms with E-state index in [2.05, 4.69) is 76.1 Å². The molecule has 8 nitrogen and oxygen atoms in total. The number of aromatic nitrogens is 2. The van der Waals surface area contributed by atoms with E-state index in [1.54, 1.807) is 6.92 Å². The number of piperazine rings is 1. The number of likely N-dealkylation sites (N-methyl/N-ethyl adjacent to an activating group) is 1. The summed E-state index contributed by atoms with van der Waals surface area (Å²) in [4.78, 5) is 31.1. The lowest BCUT2D eigenvalue weighted by molar-refractivity contribution is -0.125. The molecule has 39 heavy (non-hydrogen) atoms. The lowest BCUT2D eigenvalue weighted by Crippen LogP contribution is -2.49. The van der Waals surface area contributed by atoms with Crippen molar-refractivity contribution in [3.63, 3.8) is 0 Å². The fourth-order valence-electron chi connectivity index (χ4n) is 6.06. The van der Waals surface area contributed by atoms with Gasteiger partial charge in [0.15, 0.2) is 0 Å². The molecule has 0 saturated carbocycles. The smallest absolute Gasteiger partial charge is 0.318 e. The van der Waals surface area contributed by atoms with Gasteiger partial charge in [-0.2, -0.15) is 9.97 Å². The molecule has 0 aliphatic carbocycles. The molecule has 1 atom stereocenters. The number of benzene rings is 2. The predicted molar refractivity (Wildman–Crippen MR) is 152 cm³/mol. The Kier molecular flexibility index (Phi) is 7.36. The first-order valence-corrected chi connectivity index (χ1v) is 14.0. The van der Waals surface area contributed by atoms with Crippen LogP contribution in [0.25, 0.3) is 10.8 Å². The van der Waals surface area contributed by atoms with Gasteiger partial charge in [-0.15, -0.1) is 0 Å². The van der Waals surface area contributed by atoms with Gasteiger partial charge in [0.25, 0.3) is 5.91 Å². The Hall–Kier alpha value is -3.67. The fraction of sp³-hybridized carbons (Fsp3) is 0.452. The molecule has 2 aromatic carbocycles. The topological polar surface area (TPSA) is 65.0 Å². The highest BCUT2D eigenvalue weighted by Crippen LogP contribution is 2.33. The van der Waals surface area contributed by atoms with E-state index in [0.29, 0.717) is 44.8 Å². The molecule has 1 unspecified atom stereocenters. The van der Waals surface area contributed by atoms with Crippen molar-refractivity contribution < 1.29 is 9.53 Å². The number of carbonyl (C=O) groups is 1. The van der Waals surface area contributed by atoms with E-state index in [1.807, 2.05) is 4.90 Å². The van der Waals surface area contributed by atoms with Crippen molar-refractivity contribution in [2.75, 3.05) is 51.3 Å². The second-order valence-corrected chi connectivity index (χ2v) is 10.8. The molecule has 6 rings (SSSR count). The molecule has 202 valence electrons. The Morgan fingerprint density at radius 3 is 2.64 bits per heavy atom. The third-order valence-corrected chi connectivity index (χ3v) is 8.25. The van der Waals surface area contributed by atoms with Gasteiger partial charge in [-0.25, -0.2) is 0 Å². The molecule has 0 spiro atoms. The monoisotopic (exact) mass is 524 g/mol. The van der Waals surface area contributed by atoms with Gasteiger partial charge in [-0.05, 0) is 55.6 Å². The van der Waals surface area contributed by atoms with Crippen molar-refractivity contribution in [3.05, 3.63) is 59.3 Å². The lowest BCUT2D eigenvalue weighted by Gasteiger charge is -2.35. The molecule has 2 fully saturated rings. The van der Waals surface area contributed by atoms with Gasteiger partial charge in [0.2, 0.25) is 0 Å². The van der Waals surface area contributed by atoms with E-state index >= 15 is 0 Å². The maximum atomic E-state index is 12.3. The second-order valence-electron chi connectivity index (χ2n) is 10.8. The van der Waals surface area contributed by atoms with Gasteiger partial charge in [0.05, 0.1) is 5.69 Å². The van der Waals surface area contributed by atoms with E-state index < -0.39 is 0 Å². The number of anilines is 1.